The first kappa shape index (κ1) is 13.0. The van der Waals surface area contributed by atoms with Crippen molar-refractivity contribution in [3.05, 3.63) is 18.2 Å². The van der Waals surface area contributed by atoms with Crippen LogP contribution in [0.2, 0.25) is 0 Å². The summed E-state index contributed by atoms with van der Waals surface area (Å²) >= 11 is 1.06. The van der Waals surface area contributed by atoms with Crippen LogP contribution in [0, 0.1) is 0 Å². The maximum atomic E-state index is 11.8. The fraction of sp³-hybridized carbons (Fsp3) is 0.300. The summed E-state index contributed by atoms with van der Waals surface area (Å²) in [7, 11) is 0. The summed E-state index contributed by atoms with van der Waals surface area (Å²) in [6.45, 7) is -1.26. The molecular formula is C10H10F3N3OS. The Bertz CT molecular complexity index is 541. The molecule has 98 valence electrons. The molecule has 0 aliphatic carbocycles. The number of alkyl halides is 3. The van der Waals surface area contributed by atoms with Gasteiger partial charge in [0.05, 0.1) is 11.0 Å². The van der Waals surface area contributed by atoms with Gasteiger partial charge in [-0.3, -0.25) is 0 Å². The number of aromatic amines is 1. The van der Waals surface area contributed by atoms with Crippen LogP contribution >= 0.6 is 11.8 Å². The first-order chi connectivity index (χ1) is 8.44. The molecule has 1 aromatic carbocycles. The van der Waals surface area contributed by atoms with Crippen LogP contribution in [0.4, 0.5) is 18.9 Å². The molecule has 1 heterocycles. The Labute approximate surface area is 105 Å². The van der Waals surface area contributed by atoms with Crippen molar-refractivity contribution in [2.45, 2.75) is 11.3 Å². The van der Waals surface area contributed by atoms with E-state index in [0.29, 0.717) is 16.4 Å². The third kappa shape index (κ3) is 3.54. The number of fused-ring (bicyclic) bond motifs is 1. The molecule has 18 heavy (non-hydrogen) atoms. The molecule has 4 nitrogen and oxygen atoms in total. The van der Waals surface area contributed by atoms with Crippen LogP contribution in [0.15, 0.2) is 23.4 Å². The van der Waals surface area contributed by atoms with E-state index < -0.39 is 12.8 Å². The minimum absolute atomic E-state index is 0.116. The molecule has 0 atom stereocenters. The zero-order valence-corrected chi connectivity index (χ0v) is 9.94. The Balaban J connectivity index is 1.92. The molecule has 0 saturated heterocycles. The average Bonchev–Trinajstić information content (AvgIpc) is 2.65. The van der Waals surface area contributed by atoms with Gasteiger partial charge >= 0.3 is 6.18 Å². The molecule has 0 amide bonds. The standard InChI is InChI=1S/C10H10F3N3OS/c11-10(12,13)4-17-5-18-9-15-7-2-1-6(14)3-8(7)16-9/h1-3H,4-5,14H2,(H,15,16). The highest BCUT2D eigenvalue weighted by Gasteiger charge is 2.27. The van der Waals surface area contributed by atoms with Gasteiger partial charge in [0, 0.05) is 5.69 Å². The molecule has 0 radical (unpaired) electrons. The van der Waals surface area contributed by atoms with Crippen molar-refractivity contribution in [2.75, 3.05) is 18.3 Å². The number of hydrogen-bond donors (Lipinski definition) is 2. The molecule has 2 rings (SSSR count). The smallest absolute Gasteiger partial charge is 0.399 e. The quantitative estimate of drug-likeness (QED) is 0.390. The van der Waals surface area contributed by atoms with Crippen molar-refractivity contribution in [3.8, 4) is 0 Å². The highest BCUT2D eigenvalue weighted by molar-refractivity contribution is 7.99. The number of nitrogens with two attached hydrogens (primary N) is 1. The largest absolute Gasteiger partial charge is 0.411 e. The zero-order valence-electron chi connectivity index (χ0n) is 9.12. The average molecular weight is 277 g/mol. The first-order valence-electron chi connectivity index (χ1n) is 4.96. The van der Waals surface area contributed by atoms with E-state index in [4.69, 9.17) is 5.73 Å². The molecule has 0 saturated carbocycles. The molecule has 0 bridgehead atoms. The van der Waals surface area contributed by atoms with Crippen LogP contribution in [0.1, 0.15) is 0 Å². The minimum Gasteiger partial charge on any atom is -0.399 e. The van der Waals surface area contributed by atoms with Gasteiger partial charge in [0.15, 0.2) is 5.16 Å². The van der Waals surface area contributed by atoms with E-state index in [2.05, 4.69) is 14.7 Å². The van der Waals surface area contributed by atoms with E-state index >= 15 is 0 Å². The highest BCUT2D eigenvalue weighted by Crippen LogP contribution is 2.22. The van der Waals surface area contributed by atoms with Crippen LogP contribution in [0.5, 0.6) is 0 Å². The number of thioether (sulfide) groups is 1. The minimum atomic E-state index is -4.30. The number of nitrogen functional groups attached to an aromatic ring is 1. The zero-order chi connectivity index (χ0) is 13.2. The third-order valence-corrected chi connectivity index (χ3v) is 2.78. The summed E-state index contributed by atoms with van der Waals surface area (Å²) in [6.07, 6.45) is -4.30. The summed E-state index contributed by atoms with van der Waals surface area (Å²) in [5.74, 6) is -0.116. The second kappa shape index (κ2) is 5.07. The number of benzene rings is 1. The normalized spacial score (nSPS) is 12.2. The lowest BCUT2D eigenvalue weighted by Crippen LogP contribution is -2.16. The van der Waals surface area contributed by atoms with E-state index in [0.717, 1.165) is 17.3 Å². The van der Waals surface area contributed by atoms with Gasteiger partial charge < -0.3 is 15.5 Å². The maximum absolute atomic E-state index is 11.8. The lowest BCUT2D eigenvalue weighted by atomic mass is 10.3. The number of imidazole rings is 1. The molecule has 8 heteroatoms. The number of rotatable bonds is 4. The summed E-state index contributed by atoms with van der Waals surface area (Å²) in [5.41, 5.74) is 7.65. The van der Waals surface area contributed by atoms with Crippen molar-refractivity contribution < 1.29 is 17.9 Å². The lowest BCUT2D eigenvalue weighted by Gasteiger charge is -2.05. The Morgan fingerprint density at radius 1 is 1.39 bits per heavy atom. The van der Waals surface area contributed by atoms with Gasteiger partial charge in [-0.1, -0.05) is 11.8 Å². The first-order valence-corrected chi connectivity index (χ1v) is 5.95. The maximum Gasteiger partial charge on any atom is 0.411 e. The second-order valence-electron chi connectivity index (χ2n) is 3.54. The molecule has 0 unspecified atom stereocenters. The van der Waals surface area contributed by atoms with Gasteiger partial charge in [-0.05, 0) is 18.2 Å². The van der Waals surface area contributed by atoms with Crippen molar-refractivity contribution in [1.82, 2.24) is 9.97 Å². The molecule has 0 fully saturated rings. The number of halogens is 3. The van der Waals surface area contributed by atoms with Crippen molar-refractivity contribution in [2.24, 2.45) is 0 Å². The van der Waals surface area contributed by atoms with Crippen LogP contribution in [0.3, 0.4) is 0 Å². The van der Waals surface area contributed by atoms with Crippen LogP contribution in [-0.2, 0) is 4.74 Å². The Hall–Kier alpha value is -1.41. The lowest BCUT2D eigenvalue weighted by molar-refractivity contribution is -0.168. The van der Waals surface area contributed by atoms with Gasteiger partial charge in [-0.2, -0.15) is 13.2 Å². The molecule has 0 aliphatic rings. The van der Waals surface area contributed by atoms with Gasteiger partial charge in [0.1, 0.15) is 12.5 Å². The van der Waals surface area contributed by atoms with Gasteiger partial charge in [0.25, 0.3) is 0 Å². The Morgan fingerprint density at radius 2 is 2.17 bits per heavy atom. The molecule has 0 spiro atoms. The van der Waals surface area contributed by atoms with Gasteiger partial charge in [0.2, 0.25) is 0 Å². The fourth-order valence-electron chi connectivity index (χ4n) is 1.33. The molecule has 3 N–H and O–H groups in total. The fourth-order valence-corrected chi connectivity index (χ4v) is 1.95. The second-order valence-corrected chi connectivity index (χ2v) is 4.46. The summed E-state index contributed by atoms with van der Waals surface area (Å²) in [4.78, 5) is 7.12. The number of hydrogen-bond acceptors (Lipinski definition) is 4. The SMILES string of the molecule is Nc1ccc2nc(SCOCC(F)(F)F)[nH]c2c1. The number of H-pyrrole nitrogens is 1. The van der Waals surface area contributed by atoms with Crippen LogP contribution < -0.4 is 5.73 Å². The highest BCUT2D eigenvalue weighted by atomic mass is 32.2. The molecule has 1 aromatic heterocycles. The van der Waals surface area contributed by atoms with E-state index in [-0.39, 0.29) is 5.94 Å². The number of nitrogens with zero attached hydrogens (tertiary/aromatic N) is 1. The van der Waals surface area contributed by atoms with Crippen molar-refractivity contribution >= 4 is 28.5 Å². The number of ether oxygens (including phenoxy) is 1. The molecule has 2 aromatic rings. The number of aromatic nitrogens is 2. The van der Waals surface area contributed by atoms with E-state index in [1.54, 1.807) is 18.2 Å². The van der Waals surface area contributed by atoms with E-state index in [1.807, 2.05) is 0 Å². The van der Waals surface area contributed by atoms with E-state index in [1.165, 1.54) is 0 Å². The molecular weight excluding hydrogens is 267 g/mol. The predicted molar refractivity (Wildman–Crippen MR) is 63.2 cm³/mol. The molecule has 0 aliphatic heterocycles. The van der Waals surface area contributed by atoms with Crippen molar-refractivity contribution in [3.63, 3.8) is 0 Å². The topological polar surface area (TPSA) is 63.9 Å². The monoisotopic (exact) mass is 277 g/mol. The van der Waals surface area contributed by atoms with Gasteiger partial charge in [-0.15, -0.1) is 0 Å². The van der Waals surface area contributed by atoms with E-state index in [9.17, 15) is 13.2 Å². The third-order valence-electron chi connectivity index (χ3n) is 2.03. The predicted octanol–water partition coefficient (Wildman–Crippen LogP) is 2.77. The number of anilines is 1. The van der Waals surface area contributed by atoms with Crippen molar-refractivity contribution in [1.29, 1.82) is 0 Å². The van der Waals surface area contributed by atoms with Crippen LogP contribution in [-0.4, -0.2) is 28.7 Å². The summed E-state index contributed by atoms with van der Waals surface area (Å²) in [6, 6.07) is 5.16. The van der Waals surface area contributed by atoms with Gasteiger partial charge in [-0.25, -0.2) is 4.98 Å². The summed E-state index contributed by atoms with van der Waals surface area (Å²) in [5, 5.41) is 0.498. The summed E-state index contributed by atoms with van der Waals surface area (Å²) < 4.78 is 39.9. The Morgan fingerprint density at radius 3 is 2.89 bits per heavy atom. The number of nitrogens with one attached hydrogen (secondary N) is 1. The van der Waals surface area contributed by atoms with Crippen LogP contribution in [0.25, 0.3) is 11.0 Å². The Kier molecular flexibility index (Phi) is 3.67.